The molecular weight excluding hydrogens is 418 g/mol. The zero-order valence-corrected chi connectivity index (χ0v) is 18.7. The van der Waals surface area contributed by atoms with Crippen molar-refractivity contribution < 1.29 is 23.8 Å². The Bertz CT molecular complexity index is 1040. The van der Waals surface area contributed by atoms with Crippen LogP contribution in [0.15, 0.2) is 46.4 Å². The van der Waals surface area contributed by atoms with Crippen molar-refractivity contribution in [3.05, 3.63) is 47.0 Å². The van der Waals surface area contributed by atoms with Gasteiger partial charge in [-0.1, -0.05) is 12.1 Å². The van der Waals surface area contributed by atoms with E-state index in [1.54, 1.807) is 40.2 Å². The summed E-state index contributed by atoms with van der Waals surface area (Å²) in [6.07, 6.45) is 3.38. The Balaban J connectivity index is 1.67. The maximum atomic E-state index is 12.2. The number of methoxy groups -OCH3 is 1. The van der Waals surface area contributed by atoms with Crippen LogP contribution < -0.4 is 10.1 Å². The highest BCUT2D eigenvalue weighted by Gasteiger charge is 2.25. The van der Waals surface area contributed by atoms with Crippen molar-refractivity contribution in [3.63, 3.8) is 0 Å². The van der Waals surface area contributed by atoms with Crippen LogP contribution in [0, 0.1) is 0 Å². The maximum Gasteiger partial charge on any atom is 0.413 e. The highest BCUT2D eigenvalue weighted by atomic mass is 32.2. The summed E-state index contributed by atoms with van der Waals surface area (Å²) in [5, 5.41) is 3.61. The molecule has 0 spiro atoms. The van der Waals surface area contributed by atoms with Crippen molar-refractivity contribution in [1.82, 2.24) is 10.3 Å². The van der Waals surface area contributed by atoms with E-state index in [4.69, 9.17) is 14.2 Å². The molecule has 0 saturated heterocycles. The molecule has 0 fully saturated rings. The van der Waals surface area contributed by atoms with Gasteiger partial charge in [-0.2, -0.15) is 4.99 Å². The summed E-state index contributed by atoms with van der Waals surface area (Å²) >= 11 is 1.11. The molecule has 164 valence electrons. The van der Waals surface area contributed by atoms with Gasteiger partial charge >= 0.3 is 6.09 Å². The second-order valence-corrected chi connectivity index (χ2v) is 8.76. The zero-order chi connectivity index (χ0) is 22.4. The van der Waals surface area contributed by atoms with Gasteiger partial charge < -0.3 is 14.2 Å². The first-order valence-electron chi connectivity index (χ1n) is 9.75. The van der Waals surface area contributed by atoms with Gasteiger partial charge in [-0.15, -0.1) is 0 Å². The minimum Gasteiger partial charge on any atom is -0.490 e. The Labute approximate surface area is 185 Å². The largest absolute Gasteiger partial charge is 0.490 e. The van der Waals surface area contributed by atoms with Gasteiger partial charge in [-0.3, -0.25) is 15.1 Å². The first-order valence-corrected chi connectivity index (χ1v) is 10.6. The predicted octanol–water partition coefficient (Wildman–Crippen LogP) is 3.84. The Morgan fingerprint density at radius 1 is 1.23 bits per heavy atom. The number of amides is 2. The number of allylic oxidation sites excluding steroid dienone is 1. The van der Waals surface area contributed by atoms with E-state index in [1.807, 2.05) is 24.3 Å². The fourth-order valence-electron chi connectivity index (χ4n) is 2.76. The topological polar surface area (TPSA) is 99.1 Å². The minimum atomic E-state index is -0.643. The van der Waals surface area contributed by atoms with E-state index in [9.17, 15) is 9.59 Å². The molecule has 0 bridgehead atoms. The Hall–Kier alpha value is -2.91. The van der Waals surface area contributed by atoms with Crippen LogP contribution in [0.1, 0.15) is 26.3 Å². The van der Waals surface area contributed by atoms with E-state index in [-0.39, 0.29) is 11.1 Å². The third-order valence-corrected chi connectivity index (χ3v) is 5.01. The minimum absolute atomic E-state index is 0.210. The van der Waals surface area contributed by atoms with Crippen molar-refractivity contribution >= 4 is 39.8 Å². The fourth-order valence-corrected chi connectivity index (χ4v) is 3.53. The summed E-state index contributed by atoms with van der Waals surface area (Å²) in [5.74, 6) is 0.345. The van der Waals surface area contributed by atoms with Gasteiger partial charge in [0.1, 0.15) is 18.0 Å². The number of aromatic nitrogens is 1. The highest BCUT2D eigenvalue weighted by Crippen LogP contribution is 2.28. The highest BCUT2D eigenvalue weighted by molar-refractivity contribution is 8.18. The molecule has 8 nitrogen and oxygen atoms in total. The molecule has 1 aliphatic rings. The third-order valence-electron chi connectivity index (χ3n) is 4.06. The standard InChI is InChI=1S/C22H25N3O5S/c1-22(2,3)30-21(27)25-20-24-19(26)18(31-20)8-6-14-5-7-16-15(13-14)17(9-10-23-16)29-12-11-28-4/h5,7-10,13H,6,11-12H2,1-4H3,(H,24,25,26,27)/b18-8-. The van der Waals surface area contributed by atoms with Gasteiger partial charge in [0, 0.05) is 18.7 Å². The molecule has 3 rings (SSSR count). The summed E-state index contributed by atoms with van der Waals surface area (Å²) in [6, 6.07) is 7.68. The molecule has 1 N–H and O–H groups in total. The summed E-state index contributed by atoms with van der Waals surface area (Å²) in [5.41, 5.74) is 1.18. The SMILES string of the molecule is COCCOc1ccnc2ccc(C/C=C3\SC(NC(=O)OC(C)(C)C)=NC3=O)cc12. The van der Waals surface area contributed by atoms with Crippen LogP contribution in [0.5, 0.6) is 5.75 Å². The van der Waals surface area contributed by atoms with Gasteiger partial charge in [-0.25, -0.2) is 4.79 Å². The number of hydrogen-bond donors (Lipinski definition) is 1. The summed E-state index contributed by atoms with van der Waals surface area (Å²) in [4.78, 5) is 32.7. The van der Waals surface area contributed by atoms with E-state index in [1.165, 1.54) is 0 Å². The lowest BCUT2D eigenvalue weighted by Gasteiger charge is -2.19. The number of carbonyl (C=O) groups excluding carboxylic acids is 2. The number of aliphatic imine (C=N–C) groups is 1. The molecule has 0 saturated carbocycles. The third kappa shape index (κ3) is 6.53. The second-order valence-electron chi connectivity index (χ2n) is 7.73. The quantitative estimate of drug-likeness (QED) is 0.535. The Morgan fingerprint density at radius 2 is 2.03 bits per heavy atom. The van der Waals surface area contributed by atoms with Crippen molar-refractivity contribution in [2.24, 2.45) is 4.99 Å². The normalized spacial score (nSPS) is 15.3. The first kappa shape index (κ1) is 22.8. The van der Waals surface area contributed by atoms with Crippen molar-refractivity contribution in [2.75, 3.05) is 20.3 Å². The number of fused-ring (bicyclic) bond motifs is 1. The van der Waals surface area contributed by atoms with E-state index >= 15 is 0 Å². The van der Waals surface area contributed by atoms with Crippen LogP contribution in [0.3, 0.4) is 0 Å². The van der Waals surface area contributed by atoms with Crippen LogP contribution in [-0.4, -0.2) is 48.1 Å². The predicted molar refractivity (Wildman–Crippen MR) is 120 cm³/mol. The van der Waals surface area contributed by atoms with Crippen LogP contribution in [0.4, 0.5) is 4.79 Å². The molecule has 1 aromatic heterocycles. The van der Waals surface area contributed by atoms with Gasteiger partial charge in [0.25, 0.3) is 5.91 Å². The summed E-state index contributed by atoms with van der Waals surface area (Å²) < 4.78 is 16.0. The van der Waals surface area contributed by atoms with Crippen molar-refractivity contribution in [2.45, 2.75) is 32.8 Å². The molecule has 0 unspecified atom stereocenters. The van der Waals surface area contributed by atoms with Gasteiger partial charge in [0.2, 0.25) is 0 Å². The molecule has 1 aliphatic heterocycles. The molecular formula is C22H25N3O5S. The molecule has 0 atom stereocenters. The molecule has 2 aromatic rings. The number of amidine groups is 1. The fraction of sp³-hybridized carbons (Fsp3) is 0.364. The van der Waals surface area contributed by atoms with Crippen LogP contribution in [0.2, 0.25) is 0 Å². The molecule has 0 aliphatic carbocycles. The molecule has 1 aromatic carbocycles. The van der Waals surface area contributed by atoms with Gasteiger partial charge in [0.15, 0.2) is 5.17 Å². The maximum absolute atomic E-state index is 12.2. The number of ether oxygens (including phenoxy) is 3. The number of hydrogen-bond acceptors (Lipinski definition) is 7. The number of carbonyl (C=O) groups is 2. The molecule has 2 amide bonds. The monoisotopic (exact) mass is 443 g/mol. The average Bonchev–Trinajstić information content (AvgIpc) is 3.04. The number of rotatable bonds is 6. The Kier molecular flexibility index (Phi) is 7.29. The zero-order valence-electron chi connectivity index (χ0n) is 17.9. The lowest BCUT2D eigenvalue weighted by Crippen LogP contribution is -2.34. The van der Waals surface area contributed by atoms with E-state index < -0.39 is 11.7 Å². The second kappa shape index (κ2) is 9.93. The number of thioether (sulfide) groups is 1. The van der Waals surface area contributed by atoms with E-state index in [0.717, 1.165) is 34.0 Å². The number of alkyl carbamates (subject to hydrolysis) is 1. The van der Waals surface area contributed by atoms with Crippen LogP contribution >= 0.6 is 11.8 Å². The van der Waals surface area contributed by atoms with Crippen LogP contribution in [0.25, 0.3) is 10.9 Å². The van der Waals surface area contributed by atoms with E-state index in [2.05, 4.69) is 15.3 Å². The molecule has 2 heterocycles. The van der Waals surface area contributed by atoms with Crippen molar-refractivity contribution in [1.29, 1.82) is 0 Å². The summed E-state index contributed by atoms with van der Waals surface area (Å²) in [6.45, 7) is 6.23. The summed E-state index contributed by atoms with van der Waals surface area (Å²) in [7, 11) is 1.63. The lowest BCUT2D eigenvalue weighted by atomic mass is 10.1. The lowest BCUT2D eigenvalue weighted by molar-refractivity contribution is -0.113. The number of nitrogens with zero attached hydrogens (tertiary/aromatic N) is 2. The van der Waals surface area contributed by atoms with Gasteiger partial charge in [-0.05, 0) is 62.7 Å². The molecule has 31 heavy (non-hydrogen) atoms. The number of pyridine rings is 1. The number of benzene rings is 1. The smallest absolute Gasteiger partial charge is 0.413 e. The molecule has 0 radical (unpaired) electrons. The molecule has 9 heteroatoms. The van der Waals surface area contributed by atoms with Crippen molar-refractivity contribution in [3.8, 4) is 5.75 Å². The average molecular weight is 444 g/mol. The number of nitrogens with one attached hydrogen (secondary N) is 1. The first-order chi connectivity index (χ1) is 14.7. The Morgan fingerprint density at radius 3 is 2.77 bits per heavy atom. The van der Waals surface area contributed by atoms with E-state index in [0.29, 0.717) is 24.5 Å². The van der Waals surface area contributed by atoms with Gasteiger partial charge in [0.05, 0.1) is 17.0 Å². The van der Waals surface area contributed by atoms with Crippen LogP contribution in [-0.2, 0) is 20.7 Å².